The molecule has 1 saturated carbocycles. The van der Waals surface area contributed by atoms with Crippen molar-refractivity contribution >= 4 is 34.4 Å². The highest BCUT2D eigenvalue weighted by molar-refractivity contribution is 5.93. The summed E-state index contributed by atoms with van der Waals surface area (Å²) in [5.41, 5.74) is 3.05. The number of ether oxygens (including phenoxy) is 1. The van der Waals surface area contributed by atoms with E-state index in [0.717, 1.165) is 53.7 Å². The van der Waals surface area contributed by atoms with Crippen molar-refractivity contribution in [1.82, 2.24) is 15.6 Å². The quantitative estimate of drug-likeness (QED) is 0.412. The lowest BCUT2D eigenvalue weighted by Gasteiger charge is -2.30. The Morgan fingerprint density at radius 2 is 1.67 bits per heavy atom. The molecule has 2 amide bonds. The van der Waals surface area contributed by atoms with Gasteiger partial charge in [-0.25, -0.2) is 14.6 Å². The molecular weight excluding hydrogens is 454 g/mol. The van der Waals surface area contributed by atoms with Gasteiger partial charge >= 0.3 is 12.0 Å². The first-order chi connectivity index (χ1) is 17.4. The number of amides is 2. The van der Waals surface area contributed by atoms with Crippen LogP contribution < -0.4 is 20.9 Å². The van der Waals surface area contributed by atoms with Gasteiger partial charge in [0.05, 0.1) is 12.6 Å². The number of para-hydroxylation sites is 1. The van der Waals surface area contributed by atoms with Gasteiger partial charge in [-0.3, -0.25) is 0 Å². The van der Waals surface area contributed by atoms with Gasteiger partial charge in [-0.1, -0.05) is 48.5 Å². The van der Waals surface area contributed by atoms with E-state index in [0.29, 0.717) is 6.42 Å². The van der Waals surface area contributed by atoms with Crippen LogP contribution in [0.15, 0.2) is 60.7 Å². The fraction of sp³-hybridized carbons (Fsp3) is 0.393. The summed E-state index contributed by atoms with van der Waals surface area (Å²) in [6, 6.07) is 19.1. The Kier molecular flexibility index (Phi) is 8.25. The van der Waals surface area contributed by atoms with E-state index in [2.05, 4.69) is 33.0 Å². The molecule has 1 heterocycles. The summed E-state index contributed by atoms with van der Waals surface area (Å²) in [6.45, 7) is 0. The van der Waals surface area contributed by atoms with Crippen LogP contribution in [0.1, 0.15) is 31.2 Å². The molecule has 0 spiro atoms. The zero-order valence-electron chi connectivity index (χ0n) is 21.2. The summed E-state index contributed by atoms with van der Waals surface area (Å²) >= 11 is 0. The van der Waals surface area contributed by atoms with Gasteiger partial charge in [-0.2, -0.15) is 0 Å². The van der Waals surface area contributed by atoms with Crippen LogP contribution in [-0.2, 0) is 16.0 Å². The van der Waals surface area contributed by atoms with Crippen molar-refractivity contribution in [3.8, 4) is 0 Å². The molecule has 1 aliphatic rings. The zero-order valence-corrected chi connectivity index (χ0v) is 21.2. The lowest BCUT2D eigenvalue weighted by atomic mass is 9.91. The van der Waals surface area contributed by atoms with E-state index < -0.39 is 12.0 Å². The third-order valence-corrected chi connectivity index (χ3v) is 6.66. The number of nitrogens with one attached hydrogen (secondary N) is 3. The maximum atomic E-state index is 12.7. The highest BCUT2D eigenvalue weighted by Crippen LogP contribution is 2.29. The number of rotatable bonds is 8. The monoisotopic (exact) mass is 489 g/mol. The number of pyridine rings is 1. The summed E-state index contributed by atoms with van der Waals surface area (Å²) in [4.78, 5) is 31.8. The molecule has 0 radical (unpaired) electrons. The molecule has 3 aromatic rings. The number of esters is 1. The van der Waals surface area contributed by atoms with E-state index in [9.17, 15) is 9.59 Å². The van der Waals surface area contributed by atoms with Gasteiger partial charge in [-0.05, 0) is 37.3 Å². The number of carbonyl (C=O) groups excluding carboxylic acids is 2. The third kappa shape index (κ3) is 6.44. The minimum Gasteiger partial charge on any atom is -0.467 e. The second kappa shape index (κ2) is 11.7. The Bertz CT molecular complexity index is 1180. The Morgan fingerprint density at radius 1 is 1.00 bits per heavy atom. The number of carbonyl (C=O) groups is 2. The number of hydrogen-bond donors (Lipinski definition) is 3. The maximum Gasteiger partial charge on any atom is 0.328 e. The predicted molar refractivity (Wildman–Crippen MR) is 143 cm³/mol. The Hall–Kier alpha value is -3.81. The first-order valence-electron chi connectivity index (χ1n) is 12.5. The normalized spacial score (nSPS) is 18.2. The van der Waals surface area contributed by atoms with Crippen LogP contribution in [-0.4, -0.2) is 56.3 Å². The van der Waals surface area contributed by atoms with Crippen LogP contribution in [0.3, 0.4) is 0 Å². The molecule has 190 valence electrons. The summed E-state index contributed by atoms with van der Waals surface area (Å²) in [5.74, 6) is 0.412. The summed E-state index contributed by atoms with van der Waals surface area (Å²) < 4.78 is 4.90. The van der Waals surface area contributed by atoms with E-state index in [1.165, 1.54) is 7.11 Å². The number of aromatic nitrogens is 1. The van der Waals surface area contributed by atoms with Gasteiger partial charge in [0.1, 0.15) is 11.9 Å². The minimum atomic E-state index is -0.736. The SMILES string of the molecule is COC(=O)C(Cc1ccccc1)NC(=O)NC1CCC(Nc2cc(N(C)C)c3ccccc3n2)CC1. The lowest BCUT2D eigenvalue weighted by molar-refractivity contribution is -0.142. The molecule has 0 bridgehead atoms. The van der Waals surface area contributed by atoms with Crippen LogP contribution in [0.4, 0.5) is 16.3 Å². The number of nitrogens with zero attached hydrogens (tertiary/aromatic N) is 2. The standard InChI is InChI=1S/C28H35N5O3/c1-33(2)25-18-26(31-23-12-8-7-11-22(23)25)29-20-13-15-21(16-14-20)30-28(35)32-24(27(34)36-3)17-19-9-5-4-6-10-19/h4-12,18,20-21,24H,13-17H2,1-3H3,(H,29,31)(H2,30,32,35). The fourth-order valence-corrected chi connectivity index (χ4v) is 4.76. The average molecular weight is 490 g/mol. The molecule has 8 nitrogen and oxygen atoms in total. The number of methoxy groups -OCH3 is 1. The maximum absolute atomic E-state index is 12.7. The van der Waals surface area contributed by atoms with Gasteiger partial charge < -0.3 is 25.6 Å². The topological polar surface area (TPSA) is 95.6 Å². The molecule has 1 aliphatic carbocycles. The van der Waals surface area contributed by atoms with Crippen molar-refractivity contribution in [3.05, 3.63) is 66.2 Å². The fourth-order valence-electron chi connectivity index (χ4n) is 4.76. The molecule has 1 unspecified atom stereocenters. The van der Waals surface area contributed by atoms with Gasteiger partial charge in [0.25, 0.3) is 0 Å². The molecule has 0 saturated heterocycles. The molecule has 1 atom stereocenters. The summed E-state index contributed by atoms with van der Waals surface area (Å²) in [7, 11) is 5.41. The van der Waals surface area contributed by atoms with Gasteiger partial charge in [0, 0.05) is 49.7 Å². The van der Waals surface area contributed by atoms with Crippen molar-refractivity contribution in [2.45, 2.75) is 50.2 Å². The molecule has 36 heavy (non-hydrogen) atoms. The van der Waals surface area contributed by atoms with Crippen molar-refractivity contribution in [2.75, 3.05) is 31.4 Å². The van der Waals surface area contributed by atoms with Crippen LogP contribution >= 0.6 is 0 Å². The molecule has 8 heteroatoms. The van der Waals surface area contributed by atoms with E-state index in [4.69, 9.17) is 9.72 Å². The Labute approximate surface area is 212 Å². The number of urea groups is 1. The lowest BCUT2D eigenvalue weighted by Crippen LogP contribution is -2.51. The van der Waals surface area contributed by atoms with Crippen molar-refractivity contribution in [1.29, 1.82) is 0 Å². The Balaban J connectivity index is 1.30. The second-order valence-electron chi connectivity index (χ2n) is 9.51. The third-order valence-electron chi connectivity index (χ3n) is 6.66. The van der Waals surface area contributed by atoms with Crippen LogP contribution in [0.25, 0.3) is 10.9 Å². The average Bonchev–Trinajstić information content (AvgIpc) is 2.89. The zero-order chi connectivity index (χ0) is 25.5. The van der Waals surface area contributed by atoms with E-state index in [1.54, 1.807) is 0 Å². The first-order valence-corrected chi connectivity index (χ1v) is 12.5. The number of anilines is 2. The van der Waals surface area contributed by atoms with Gasteiger partial charge in [0.2, 0.25) is 0 Å². The minimum absolute atomic E-state index is 0.0555. The van der Waals surface area contributed by atoms with Gasteiger partial charge in [0.15, 0.2) is 0 Å². The molecular formula is C28H35N5O3. The number of benzene rings is 2. The predicted octanol–water partition coefficient (Wildman–Crippen LogP) is 4.11. The molecule has 3 N–H and O–H groups in total. The van der Waals surface area contributed by atoms with Gasteiger partial charge in [-0.15, -0.1) is 0 Å². The highest BCUT2D eigenvalue weighted by atomic mass is 16.5. The molecule has 2 aromatic carbocycles. The summed E-state index contributed by atoms with van der Waals surface area (Å²) in [6.07, 6.45) is 3.91. The van der Waals surface area contributed by atoms with Crippen LogP contribution in [0.5, 0.6) is 0 Å². The van der Waals surface area contributed by atoms with Crippen molar-refractivity contribution < 1.29 is 14.3 Å². The molecule has 1 aromatic heterocycles. The van der Waals surface area contributed by atoms with Crippen molar-refractivity contribution in [2.24, 2.45) is 0 Å². The highest BCUT2D eigenvalue weighted by Gasteiger charge is 2.26. The second-order valence-corrected chi connectivity index (χ2v) is 9.51. The molecule has 0 aliphatic heterocycles. The van der Waals surface area contributed by atoms with E-state index in [-0.39, 0.29) is 18.1 Å². The summed E-state index contributed by atoms with van der Waals surface area (Å²) in [5, 5.41) is 10.6. The molecule has 1 fully saturated rings. The van der Waals surface area contributed by atoms with E-state index in [1.807, 2.05) is 62.6 Å². The van der Waals surface area contributed by atoms with Crippen molar-refractivity contribution in [3.63, 3.8) is 0 Å². The van der Waals surface area contributed by atoms with E-state index >= 15 is 0 Å². The Morgan fingerprint density at radius 3 is 2.36 bits per heavy atom. The smallest absolute Gasteiger partial charge is 0.328 e. The van der Waals surface area contributed by atoms with Crippen LogP contribution in [0.2, 0.25) is 0 Å². The largest absolute Gasteiger partial charge is 0.467 e. The molecule has 4 rings (SSSR count). The number of hydrogen-bond acceptors (Lipinski definition) is 6. The number of fused-ring (bicyclic) bond motifs is 1. The first kappa shape index (κ1) is 25.3. The van der Waals surface area contributed by atoms with Crippen LogP contribution in [0, 0.1) is 0 Å².